The van der Waals surface area contributed by atoms with E-state index in [4.69, 9.17) is 18.0 Å². The highest BCUT2D eigenvalue weighted by Crippen LogP contribution is 2.46. The largest absolute Gasteiger partial charge is 0.389 e. The lowest BCUT2D eigenvalue weighted by molar-refractivity contribution is 0.105. The highest BCUT2D eigenvalue weighted by atomic mass is 32.1. The summed E-state index contributed by atoms with van der Waals surface area (Å²) in [4.78, 5) is 0.228. The van der Waals surface area contributed by atoms with Gasteiger partial charge in [0.15, 0.2) is 0 Å². The number of rotatable bonds is 3. The van der Waals surface area contributed by atoms with Crippen molar-refractivity contribution in [1.82, 2.24) is 0 Å². The molecule has 0 bridgehead atoms. The quantitative estimate of drug-likeness (QED) is 0.809. The molecule has 0 atom stereocenters. The van der Waals surface area contributed by atoms with Crippen LogP contribution in [0.2, 0.25) is 0 Å². The van der Waals surface area contributed by atoms with Gasteiger partial charge in [0.05, 0.1) is 0 Å². The number of hydrogen-bond donors (Lipinski definition) is 2. The van der Waals surface area contributed by atoms with Gasteiger partial charge in [-0.25, -0.2) is 4.39 Å². The number of halogens is 1. The summed E-state index contributed by atoms with van der Waals surface area (Å²) < 4.78 is 13.4. The highest BCUT2D eigenvalue weighted by molar-refractivity contribution is 7.80. The third-order valence-corrected chi connectivity index (χ3v) is 4.38. The van der Waals surface area contributed by atoms with Crippen molar-refractivity contribution in [1.29, 1.82) is 0 Å². The first-order valence-corrected chi connectivity index (χ1v) is 7.85. The zero-order chi connectivity index (χ0) is 15.8. The van der Waals surface area contributed by atoms with Crippen LogP contribution in [-0.2, 0) is 0 Å². The summed E-state index contributed by atoms with van der Waals surface area (Å²) in [6, 6.07) is 4.94. The minimum atomic E-state index is -0.312. The fourth-order valence-electron chi connectivity index (χ4n) is 4.01. The van der Waals surface area contributed by atoms with Crippen LogP contribution < -0.4 is 11.1 Å². The van der Waals surface area contributed by atoms with Crippen molar-refractivity contribution in [2.75, 3.05) is 5.32 Å². The summed E-state index contributed by atoms with van der Waals surface area (Å²) in [5.41, 5.74) is 7.73. The van der Waals surface area contributed by atoms with E-state index in [9.17, 15) is 4.39 Å². The molecule has 0 heterocycles. The molecule has 0 amide bonds. The number of thiocarbonyl (C=S) groups is 1. The van der Waals surface area contributed by atoms with Crippen molar-refractivity contribution in [3.8, 4) is 0 Å². The van der Waals surface area contributed by atoms with Gasteiger partial charge in [0.25, 0.3) is 0 Å². The highest BCUT2D eigenvalue weighted by Gasteiger charge is 2.38. The molecule has 1 fully saturated rings. The van der Waals surface area contributed by atoms with Gasteiger partial charge in [0, 0.05) is 17.3 Å². The van der Waals surface area contributed by atoms with E-state index in [1.807, 2.05) is 0 Å². The lowest BCUT2D eigenvalue weighted by atomic mass is 9.63. The predicted octanol–water partition coefficient (Wildman–Crippen LogP) is 4.48. The average molecular weight is 308 g/mol. The number of nitrogens with two attached hydrogens (primary N) is 1. The van der Waals surface area contributed by atoms with Crippen LogP contribution in [0.25, 0.3) is 0 Å². The minimum Gasteiger partial charge on any atom is -0.389 e. The van der Waals surface area contributed by atoms with E-state index >= 15 is 0 Å². The predicted molar refractivity (Wildman–Crippen MR) is 91.1 cm³/mol. The standard InChI is InChI=1S/C17H25FN2S/c1-16(2)8-12(9-17(3,4)10-16)20-14-6-5-11(18)7-13(14)15(19)21/h5-7,12,20H,8-10H2,1-4H3,(H2,19,21). The van der Waals surface area contributed by atoms with E-state index in [-0.39, 0.29) is 10.8 Å². The Morgan fingerprint density at radius 3 is 2.33 bits per heavy atom. The Morgan fingerprint density at radius 1 is 1.24 bits per heavy atom. The zero-order valence-electron chi connectivity index (χ0n) is 13.3. The fraction of sp³-hybridized carbons (Fsp3) is 0.588. The Morgan fingerprint density at radius 2 is 1.81 bits per heavy atom. The summed E-state index contributed by atoms with van der Waals surface area (Å²) in [7, 11) is 0. The van der Waals surface area contributed by atoms with Crippen molar-refractivity contribution in [2.24, 2.45) is 16.6 Å². The molecule has 4 heteroatoms. The molecule has 1 aromatic carbocycles. The first-order valence-electron chi connectivity index (χ1n) is 7.44. The van der Waals surface area contributed by atoms with Gasteiger partial charge in [-0.1, -0.05) is 39.9 Å². The molecule has 1 aliphatic carbocycles. The molecule has 0 radical (unpaired) electrons. The zero-order valence-corrected chi connectivity index (χ0v) is 14.1. The fourth-order valence-corrected chi connectivity index (χ4v) is 4.18. The summed E-state index contributed by atoms with van der Waals surface area (Å²) in [6.45, 7) is 9.23. The topological polar surface area (TPSA) is 38.0 Å². The molecule has 0 saturated heterocycles. The van der Waals surface area contributed by atoms with Crippen LogP contribution in [0, 0.1) is 16.6 Å². The van der Waals surface area contributed by atoms with Crippen LogP contribution in [0.4, 0.5) is 10.1 Å². The molecule has 3 N–H and O–H groups in total. The second-order valence-electron chi connectivity index (χ2n) is 7.81. The van der Waals surface area contributed by atoms with E-state index in [2.05, 4.69) is 33.0 Å². The minimum absolute atomic E-state index is 0.228. The molecular weight excluding hydrogens is 283 g/mol. The maximum absolute atomic E-state index is 13.4. The van der Waals surface area contributed by atoms with Gasteiger partial charge in [-0.2, -0.15) is 0 Å². The number of hydrogen-bond acceptors (Lipinski definition) is 2. The van der Waals surface area contributed by atoms with Crippen LogP contribution in [-0.4, -0.2) is 11.0 Å². The Balaban J connectivity index is 2.24. The molecule has 0 aromatic heterocycles. The summed E-state index contributed by atoms with van der Waals surface area (Å²) in [6.07, 6.45) is 3.39. The van der Waals surface area contributed by atoms with Crippen molar-refractivity contribution >= 4 is 22.9 Å². The maximum atomic E-state index is 13.4. The van der Waals surface area contributed by atoms with Crippen molar-refractivity contribution in [3.63, 3.8) is 0 Å². The van der Waals surface area contributed by atoms with Gasteiger partial charge in [0.2, 0.25) is 0 Å². The van der Waals surface area contributed by atoms with Gasteiger partial charge < -0.3 is 11.1 Å². The molecule has 1 aliphatic rings. The van der Waals surface area contributed by atoms with Gasteiger partial charge in [-0.15, -0.1) is 0 Å². The number of benzene rings is 1. The molecule has 1 aromatic rings. The second kappa shape index (κ2) is 5.56. The second-order valence-corrected chi connectivity index (χ2v) is 8.25. The van der Waals surface area contributed by atoms with Crippen LogP contribution >= 0.6 is 12.2 Å². The summed E-state index contributed by atoms with van der Waals surface area (Å²) in [5.74, 6) is -0.312. The Hall–Kier alpha value is -1.16. The maximum Gasteiger partial charge on any atom is 0.124 e. The van der Waals surface area contributed by atoms with E-state index in [1.165, 1.54) is 18.6 Å². The lowest BCUT2D eigenvalue weighted by Gasteiger charge is -2.45. The Kier molecular flexibility index (Phi) is 4.29. The van der Waals surface area contributed by atoms with Gasteiger partial charge in [-0.3, -0.25) is 0 Å². The molecule has 21 heavy (non-hydrogen) atoms. The molecule has 0 spiro atoms. The molecule has 2 nitrogen and oxygen atoms in total. The molecule has 1 saturated carbocycles. The van der Waals surface area contributed by atoms with Crippen LogP contribution in [0.3, 0.4) is 0 Å². The summed E-state index contributed by atoms with van der Waals surface area (Å²) in [5, 5.41) is 3.54. The summed E-state index contributed by atoms with van der Waals surface area (Å²) >= 11 is 5.04. The van der Waals surface area contributed by atoms with Crippen molar-refractivity contribution in [2.45, 2.75) is 53.0 Å². The Bertz CT molecular complexity index is 536. The monoisotopic (exact) mass is 308 g/mol. The van der Waals surface area contributed by atoms with Gasteiger partial charge >= 0.3 is 0 Å². The molecule has 116 valence electrons. The normalized spacial score (nSPS) is 21.0. The van der Waals surface area contributed by atoms with E-state index in [0.717, 1.165) is 18.5 Å². The van der Waals surface area contributed by atoms with E-state index < -0.39 is 0 Å². The van der Waals surface area contributed by atoms with E-state index in [0.29, 0.717) is 22.4 Å². The van der Waals surface area contributed by atoms with Gasteiger partial charge in [-0.05, 0) is 48.3 Å². The van der Waals surface area contributed by atoms with Crippen molar-refractivity contribution < 1.29 is 4.39 Å². The lowest BCUT2D eigenvalue weighted by Crippen LogP contribution is -2.40. The van der Waals surface area contributed by atoms with Crippen LogP contribution in [0.15, 0.2) is 18.2 Å². The third-order valence-electron chi connectivity index (χ3n) is 4.16. The SMILES string of the molecule is CC1(C)CC(Nc2ccc(F)cc2C(N)=S)CC(C)(C)C1. The smallest absolute Gasteiger partial charge is 0.124 e. The first-order chi connectivity index (χ1) is 9.58. The molecule has 0 aliphatic heterocycles. The van der Waals surface area contributed by atoms with E-state index in [1.54, 1.807) is 6.07 Å². The Labute approximate surface area is 132 Å². The molecular formula is C17H25FN2S. The van der Waals surface area contributed by atoms with Crippen molar-refractivity contribution in [3.05, 3.63) is 29.6 Å². The average Bonchev–Trinajstić information content (AvgIpc) is 2.27. The third kappa shape index (κ3) is 4.16. The number of anilines is 1. The van der Waals surface area contributed by atoms with Crippen LogP contribution in [0.1, 0.15) is 52.5 Å². The molecule has 0 unspecified atom stereocenters. The molecule has 2 rings (SSSR count). The first kappa shape index (κ1) is 16.2. The van der Waals surface area contributed by atoms with Gasteiger partial charge in [0.1, 0.15) is 10.8 Å². The van der Waals surface area contributed by atoms with Crippen LogP contribution in [0.5, 0.6) is 0 Å². The number of nitrogens with one attached hydrogen (secondary N) is 1.